The topological polar surface area (TPSA) is 32.6 Å². The van der Waals surface area contributed by atoms with Crippen LogP contribution in [-0.2, 0) is 0 Å². The molecule has 0 bridgehead atoms. The molecule has 7 nitrogen and oxygen atoms in total. The van der Waals surface area contributed by atoms with Crippen LogP contribution >= 0.6 is 34.0 Å². The molecule has 0 unspecified atom stereocenters. The van der Waals surface area contributed by atoms with E-state index < -0.39 is 0 Å². The van der Waals surface area contributed by atoms with Crippen molar-refractivity contribution in [2.75, 3.05) is 29.4 Å². The minimum Gasteiger partial charge on any atom is -0.456 e. The molecule has 25 rings (SSSR count). The van der Waals surface area contributed by atoms with Gasteiger partial charge >= 0.3 is 0 Å². The quantitative estimate of drug-likeness (QED) is 0.0752. The largest absolute Gasteiger partial charge is 0.456 e. The van der Waals surface area contributed by atoms with E-state index in [4.69, 9.17) is 4.42 Å². The molecule has 10 heteroatoms. The Morgan fingerprint density at radius 1 is 0.142 bits per heavy atom. The lowest BCUT2D eigenvalue weighted by Gasteiger charge is -2.33. The Bertz CT molecular complexity index is 8500. The van der Waals surface area contributed by atoms with Gasteiger partial charge < -0.3 is 33.8 Å². The Hall–Kier alpha value is -16.9. The first-order valence-electron chi connectivity index (χ1n) is 45.2. The molecule has 0 N–H and O–H groups in total. The van der Waals surface area contributed by atoms with Crippen LogP contribution in [0.4, 0.5) is 102 Å². The summed E-state index contributed by atoms with van der Waals surface area (Å²) >= 11 is 5.54. The van der Waals surface area contributed by atoms with Crippen molar-refractivity contribution in [3.05, 3.63) is 510 Å². The van der Waals surface area contributed by atoms with Crippen molar-refractivity contribution >= 4 is 230 Å². The number of fused-ring (bicyclic) bond motifs is 13. The molecule has 634 valence electrons. The minimum absolute atomic E-state index is 0.858. The average Bonchev–Trinajstić information content (AvgIpc) is 1.49. The highest BCUT2D eigenvalue weighted by atomic mass is 32.1. The number of hydrogen-bond donors (Lipinski definition) is 0. The lowest BCUT2D eigenvalue weighted by atomic mass is 9.97. The predicted molar refractivity (Wildman–Crippen MR) is 575 cm³/mol. The van der Waals surface area contributed by atoms with Crippen LogP contribution in [0.25, 0.3) is 115 Å². The third-order valence-electron chi connectivity index (χ3n) is 25.4. The second kappa shape index (κ2) is 35.2. The summed E-state index contributed by atoms with van der Waals surface area (Å²) in [5.41, 5.74) is 25.9. The van der Waals surface area contributed by atoms with Crippen molar-refractivity contribution < 1.29 is 4.42 Å². The summed E-state index contributed by atoms with van der Waals surface area (Å²) in [5.74, 6) is 0. The molecule has 0 aliphatic rings. The molecule has 4 heterocycles. The van der Waals surface area contributed by atoms with E-state index in [1.54, 1.807) is 0 Å². The van der Waals surface area contributed by atoms with E-state index in [0.29, 0.717) is 0 Å². The normalized spacial score (nSPS) is 11.4. The highest BCUT2D eigenvalue weighted by Gasteiger charge is 2.28. The fourth-order valence-electron chi connectivity index (χ4n) is 19.3. The Morgan fingerprint density at radius 3 is 0.918 bits per heavy atom. The first kappa shape index (κ1) is 80.5. The number of furan rings is 1. The van der Waals surface area contributed by atoms with Gasteiger partial charge in [-0.15, -0.1) is 34.0 Å². The van der Waals surface area contributed by atoms with Gasteiger partial charge in [-0.2, -0.15) is 0 Å². The third kappa shape index (κ3) is 15.2. The summed E-state index contributed by atoms with van der Waals surface area (Å²) in [6.07, 6.45) is 0. The SMILES string of the molecule is c1ccc(-c2cccc(N(c3ccc4c(c3)oc3ccccc34)c3ccc4sc5cc(N(c6cccc(-c7cccc8ccccc78)c6)c6ccccc6N(c6ccccc6)c6ccccc6)ccc5c4c3)c2)cc1.c1ccc(N(c2ccccc2)c2ccc3sc4cc(N(c5ccc6sc7ccccc7c6c5)c5ccccc5N(c5ccccc5)c5ccccc5)ccc4c3c2)cc1. The van der Waals surface area contributed by atoms with Crippen LogP contribution in [0.2, 0.25) is 0 Å². The smallest absolute Gasteiger partial charge is 0.137 e. The first-order valence-corrected chi connectivity index (χ1v) is 47.7. The van der Waals surface area contributed by atoms with Gasteiger partial charge in [0.05, 0.1) is 22.7 Å². The van der Waals surface area contributed by atoms with E-state index in [1.165, 1.54) is 82.4 Å². The second-order valence-corrected chi connectivity index (χ2v) is 36.7. The molecule has 0 atom stereocenters. The fourth-order valence-corrected chi connectivity index (χ4v) is 22.6. The molecular formula is C124H84N6OS3. The van der Waals surface area contributed by atoms with Crippen LogP contribution in [0.3, 0.4) is 0 Å². The molecule has 0 aliphatic heterocycles. The zero-order chi connectivity index (χ0) is 88.8. The van der Waals surface area contributed by atoms with Crippen molar-refractivity contribution in [2.24, 2.45) is 0 Å². The molecule has 0 saturated heterocycles. The molecule has 25 aromatic rings. The van der Waals surface area contributed by atoms with Crippen LogP contribution < -0.4 is 29.4 Å². The van der Waals surface area contributed by atoms with Crippen LogP contribution in [0.1, 0.15) is 0 Å². The van der Waals surface area contributed by atoms with E-state index in [0.717, 1.165) is 135 Å². The summed E-state index contributed by atoms with van der Waals surface area (Å²) in [5, 5.41) is 12.1. The maximum Gasteiger partial charge on any atom is 0.137 e. The lowest BCUT2D eigenvalue weighted by molar-refractivity contribution is 0.669. The van der Waals surface area contributed by atoms with Crippen molar-refractivity contribution in [2.45, 2.75) is 0 Å². The summed E-state index contributed by atoms with van der Waals surface area (Å²) < 4.78 is 14.0. The van der Waals surface area contributed by atoms with Gasteiger partial charge in [-0.3, -0.25) is 0 Å². The highest BCUT2D eigenvalue weighted by molar-refractivity contribution is 7.26. The Balaban J connectivity index is 0.000000151. The molecule has 4 aromatic heterocycles. The van der Waals surface area contributed by atoms with E-state index >= 15 is 0 Å². The standard InChI is InChI=1S/C70H47N3OS.C54H37N3S2/c1-4-19-48(20-5-1)50-23-16-29-54(43-50)71(57-37-40-62-61-32-12-15-36-67(61)74-68(62)46-57)56-39-42-69-64(45-56)63-41-38-58(47-70(63)75-69)73(55-30-17-24-51(44-55)60-33-18-22-49-21-10-11-31-59(49)60)66-35-14-13-34-65(66)72(52-25-6-2-7-26-52)53-27-8-3-9-28-53;1-5-17-38(18-6-1)55(39-19-7-2-8-20-39)42-30-33-53-48(35-42)46-32-29-44(37-54(46)59-53)57(43-31-34-52-47(36-43)45-25-13-16-28-51(45)58-52)50-27-15-14-26-49(50)56(40-21-9-3-10-22-40)41-23-11-4-12-24-41/h1-47H;1-37H. The van der Waals surface area contributed by atoms with E-state index in [-0.39, 0.29) is 0 Å². The van der Waals surface area contributed by atoms with E-state index in [9.17, 15) is 0 Å². The Labute approximate surface area is 789 Å². The number of benzene rings is 21. The molecule has 21 aromatic carbocycles. The molecule has 0 spiro atoms. The third-order valence-corrected chi connectivity index (χ3v) is 28.8. The minimum atomic E-state index is 0.858. The maximum atomic E-state index is 6.50. The number of para-hydroxylation sites is 11. The van der Waals surface area contributed by atoms with Gasteiger partial charge in [0.25, 0.3) is 0 Å². The molecule has 0 fully saturated rings. The summed E-state index contributed by atoms with van der Waals surface area (Å²) in [4.78, 5) is 14.3. The average molecular weight is 1770 g/mol. The van der Waals surface area contributed by atoms with Gasteiger partial charge in [0.15, 0.2) is 0 Å². The van der Waals surface area contributed by atoms with Crippen molar-refractivity contribution in [1.29, 1.82) is 0 Å². The lowest BCUT2D eigenvalue weighted by Crippen LogP contribution is -2.16. The van der Waals surface area contributed by atoms with E-state index in [2.05, 4.69) is 527 Å². The second-order valence-electron chi connectivity index (χ2n) is 33.5. The highest BCUT2D eigenvalue weighted by Crippen LogP contribution is 2.53. The van der Waals surface area contributed by atoms with Crippen LogP contribution in [0.15, 0.2) is 514 Å². The molecule has 0 aliphatic carbocycles. The van der Waals surface area contributed by atoms with Crippen LogP contribution in [0, 0.1) is 0 Å². The molecule has 134 heavy (non-hydrogen) atoms. The zero-order valence-corrected chi connectivity index (χ0v) is 75.3. The van der Waals surface area contributed by atoms with Crippen molar-refractivity contribution in [1.82, 2.24) is 0 Å². The summed E-state index contributed by atoms with van der Waals surface area (Å²) in [7, 11) is 0. The van der Waals surface area contributed by atoms with Crippen molar-refractivity contribution in [3.8, 4) is 22.3 Å². The summed E-state index contributed by atoms with van der Waals surface area (Å²) in [6.45, 7) is 0. The molecule has 0 radical (unpaired) electrons. The number of rotatable bonds is 20. The van der Waals surface area contributed by atoms with Crippen LogP contribution in [0.5, 0.6) is 0 Å². The monoisotopic (exact) mass is 1770 g/mol. The van der Waals surface area contributed by atoms with E-state index in [1.807, 2.05) is 46.1 Å². The predicted octanol–water partition coefficient (Wildman–Crippen LogP) is 37.7. The Kier molecular flexibility index (Phi) is 21.1. The first-order chi connectivity index (χ1) is 66.4. The van der Waals surface area contributed by atoms with Gasteiger partial charge in [0.1, 0.15) is 11.2 Å². The van der Waals surface area contributed by atoms with Crippen LogP contribution in [-0.4, -0.2) is 0 Å². The van der Waals surface area contributed by atoms with Gasteiger partial charge in [0, 0.05) is 157 Å². The van der Waals surface area contributed by atoms with Gasteiger partial charge in [-0.25, -0.2) is 0 Å². The maximum absolute atomic E-state index is 6.50. The number of hydrogen-bond acceptors (Lipinski definition) is 10. The van der Waals surface area contributed by atoms with Gasteiger partial charge in [-0.05, 0) is 257 Å². The van der Waals surface area contributed by atoms with Gasteiger partial charge in [0.2, 0.25) is 0 Å². The number of nitrogens with zero attached hydrogens (tertiary/aromatic N) is 6. The molecule has 0 saturated carbocycles. The molecular weight excluding hydrogens is 1690 g/mol. The number of anilines is 18. The fraction of sp³-hybridized carbons (Fsp3) is 0. The van der Waals surface area contributed by atoms with Crippen molar-refractivity contribution in [3.63, 3.8) is 0 Å². The number of thiophene rings is 3. The molecule has 0 amide bonds. The summed E-state index contributed by atoms with van der Waals surface area (Å²) in [6, 6.07) is 184. The van der Waals surface area contributed by atoms with Gasteiger partial charge in [-0.1, -0.05) is 279 Å². The zero-order valence-electron chi connectivity index (χ0n) is 72.8. The Morgan fingerprint density at radius 2 is 0.425 bits per heavy atom.